The molecule has 2 aromatic carbocycles. The van der Waals surface area contributed by atoms with Crippen LogP contribution in [0, 0.1) is 12.7 Å². The van der Waals surface area contributed by atoms with Crippen molar-refractivity contribution in [2.24, 2.45) is 0 Å². The first-order valence-electron chi connectivity index (χ1n) is 6.09. The molecule has 0 aliphatic heterocycles. The zero-order valence-corrected chi connectivity index (χ0v) is 12.2. The van der Waals surface area contributed by atoms with Gasteiger partial charge in [0.1, 0.15) is 11.6 Å². The normalized spacial score (nSPS) is 11.2. The summed E-state index contributed by atoms with van der Waals surface area (Å²) in [6.07, 6.45) is 0. The number of aromatic nitrogens is 2. The van der Waals surface area contributed by atoms with E-state index in [1.807, 2.05) is 29.7 Å². The summed E-state index contributed by atoms with van der Waals surface area (Å²) in [7, 11) is 0. The average molecular weight is 309 g/mol. The lowest BCUT2D eigenvalue weighted by molar-refractivity contribution is 0.626. The smallest absolute Gasteiger partial charge is 0.129 e. The van der Waals surface area contributed by atoms with E-state index in [0.29, 0.717) is 16.5 Å². The number of alkyl halides is 1. The van der Waals surface area contributed by atoms with Gasteiger partial charge in [-0.3, -0.25) is 4.57 Å². The van der Waals surface area contributed by atoms with Crippen molar-refractivity contribution in [3.05, 3.63) is 58.6 Å². The largest absolute Gasteiger partial charge is 0.295 e. The summed E-state index contributed by atoms with van der Waals surface area (Å²) >= 11 is 11.9. The minimum absolute atomic E-state index is 0.238. The van der Waals surface area contributed by atoms with E-state index in [9.17, 15) is 4.39 Å². The van der Waals surface area contributed by atoms with Crippen LogP contribution in [-0.4, -0.2) is 9.55 Å². The van der Waals surface area contributed by atoms with Crippen molar-refractivity contribution in [3.8, 4) is 5.69 Å². The van der Waals surface area contributed by atoms with Gasteiger partial charge in [-0.05, 0) is 42.8 Å². The molecular formula is C15H11Cl2FN2. The molecule has 0 spiro atoms. The summed E-state index contributed by atoms with van der Waals surface area (Å²) in [6.45, 7) is 2.00. The van der Waals surface area contributed by atoms with Crippen LogP contribution < -0.4 is 0 Å². The lowest BCUT2D eigenvalue weighted by Crippen LogP contribution is -2.00. The van der Waals surface area contributed by atoms with Gasteiger partial charge < -0.3 is 0 Å². The maximum absolute atomic E-state index is 13.6. The van der Waals surface area contributed by atoms with Crippen molar-refractivity contribution in [1.82, 2.24) is 9.55 Å². The van der Waals surface area contributed by atoms with Gasteiger partial charge in [-0.1, -0.05) is 17.7 Å². The Kier molecular flexibility index (Phi) is 3.40. The average Bonchev–Trinajstić information content (AvgIpc) is 2.75. The van der Waals surface area contributed by atoms with Crippen LogP contribution in [0.4, 0.5) is 4.39 Å². The van der Waals surface area contributed by atoms with Crippen molar-refractivity contribution in [1.29, 1.82) is 0 Å². The third-order valence-corrected chi connectivity index (χ3v) is 3.56. The van der Waals surface area contributed by atoms with Crippen LogP contribution in [0.5, 0.6) is 0 Å². The number of imidazole rings is 1. The van der Waals surface area contributed by atoms with Crippen LogP contribution >= 0.6 is 23.2 Å². The molecule has 0 amide bonds. The van der Waals surface area contributed by atoms with Gasteiger partial charge in [0.25, 0.3) is 0 Å². The Bertz CT molecular complexity index is 776. The number of rotatable bonds is 2. The molecule has 0 saturated carbocycles. The van der Waals surface area contributed by atoms with Crippen LogP contribution in [0.3, 0.4) is 0 Å². The van der Waals surface area contributed by atoms with Crippen LogP contribution in [-0.2, 0) is 5.88 Å². The molecule has 0 radical (unpaired) electrons. The molecule has 2 nitrogen and oxygen atoms in total. The van der Waals surface area contributed by atoms with Gasteiger partial charge in [0.05, 0.1) is 22.6 Å². The second-order valence-electron chi connectivity index (χ2n) is 4.62. The van der Waals surface area contributed by atoms with E-state index >= 15 is 0 Å². The number of aryl methyl sites for hydroxylation is 1. The Morgan fingerprint density at radius 2 is 2.00 bits per heavy atom. The molecule has 0 aliphatic rings. The minimum Gasteiger partial charge on any atom is -0.295 e. The molecule has 5 heteroatoms. The Balaban J connectivity index is 2.35. The Hall–Kier alpha value is -1.58. The molecular weight excluding hydrogens is 298 g/mol. The lowest BCUT2D eigenvalue weighted by atomic mass is 10.2. The molecule has 0 saturated heterocycles. The second kappa shape index (κ2) is 5.08. The Morgan fingerprint density at radius 3 is 2.70 bits per heavy atom. The van der Waals surface area contributed by atoms with E-state index in [-0.39, 0.29) is 11.7 Å². The summed E-state index contributed by atoms with van der Waals surface area (Å²) < 4.78 is 15.4. The van der Waals surface area contributed by atoms with Gasteiger partial charge in [0, 0.05) is 5.02 Å². The lowest BCUT2D eigenvalue weighted by Gasteiger charge is -2.09. The van der Waals surface area contributed by atoms with Gasteiger partial charge in [-0.2, -0.15) is 0 Å². The van der Waals surface area contributed by atoms with E-state index < -0.39 is 0 Å². The van der Waals surface area contributed by atoms with Crippen molar-refractivity contribution in [2.75, 3.05) is 0 Å². The van der Waals surface area contributed by atoms with Crippen LogP contribution in [0.2, 0.25) is 5.02 Å². The first-order valence-corrected chi connectivity index (χ1v) is 7.00. The molecule has 1 heterocycles. The SMILES string of the molecule is Cc1ccc2nc(CCl)n(-c3cc(F)cc(Cl)c3)c2c1. The number of fused-ring (bicyclic) bond motifs is 1. The molecule has 20 heavy (non-hydrogen) atoms. The summed E-state index contributed by atoms with van der Waals surface area (Å²) in [5.41, 5.74) is 3.44. The second-order valence-corrected chi connectivity index (χ2v) is 5.32. The third kappa shape index (κ3) is 2.28. The monoisotopic (exact) mass is 308 g/mol. The molecule has 0 atom stereocenters. The summed E-state index contributed by atoms with van der Waals surface area (Å²) in [5.74, 6) is 0.512. The topological polar surface area (TPSA) is 17.8 Å². The van der Waals surface area contributed by atoms with Crippen LogP contribution in [0.1, 0.15) is 11.4 Å². The Morgan fingerprint density at radius 1 is 1.20 bits per heavy atom. The minimum atomic E-state index is -0.387. The number of halogens is 3. The van der Waals surface area contributed by atoms with E-state index in [1.54, 1.807) is 6.07 Å². The summed E-state index contributed by atoms with van der Waals surface area (Å²) in [5, 5.41) is 0.343. The predicted molar refractivity (Wildman–Crippen MR) is 80.3 cm³/mol. The molecule has 0 fully saturated rings. The molecule has 0 aliphatic carbocycles. The van der Waals surface area contributed by atoms with Gasteiger partial charge in [-0.15, -0.1) is 11.6 Å². The van der Waals surface area contributed by atoms with Crippen molar-refractivity contribution in [2.45, 2.75) is 12.8 Å². The number of benzene rings is 2. The highest BCUT2D eigenvalue weighted by molar-refractivity contribution is 6.30. The fourth-order valence-electron chi connectivity index (χ4n) is 2.28. The fourth-order valence-corrected chi connectivity index (χ4v) is 2.68. The highest BCUT2D eigenvalue weighted by Crippen LogP contribution is 2.26. The van der Waals surface area contributed by atoms with E-state index in [1.165, 1.54) is 12.1 Å². The van der Waals surface area contributed by atoms with Gasteiger partial charge >= 0.3 is 0 Å². The predicted octanol–water partition coefficient (Wildman–Crippen LogP) is 4.87. The molecule has 0 N–H and O–H groups in total. The molecule has 1 aromatic heterocycles. The number of hydrogen-bond acceptors (Lipinski definition) is 1. The van der Waals surface area contributed by atoms with E-state index in [4.69, 9.17) is 23.2 Å². The van der Waals surface area contributed by atoms with Crippen molar-refractivity contribution in [3.63, 3.8) is 0 Å². The van der Waals surface area contributed by atoms with Gasteiger partial charge in [0.15, 0.2) is 0 Å². The highest BCUT2D eigenvalue weighted by atomic mass is 35.5. The summed E-state index contributed by atoms with van der Waals surface area (Å²) in [6, 6.07) is 10.3. The number of nitrogens with zero attached hydrogens (tertiary/aromatic N) is 2. The molecule has 3 aromatic rings. The fraction of sp³-hybridized carbons (Fsp3) is 0.133. The zero-order chi connectivity index (χ0) is 14.3. The number of hydrogen-bond donors (Lipinski definition) is 0. The van der Waals surface area contributed by atoms with E-state index in [2.05, 4.69) is 4.98 Å². The quantitative estimate of drug-likeness (QED) is 0.618. The third-order valence-electron chi connectivity index (χ3n) is 3.10. The molecule has 102 valence electrons. The van der Waals surface area contributed by atoms with E-state index in [0.717, 1.165) is 16.6 Å². The maximum Gasteiger partial charge on any atom is 0.129 e. The summed E-state index contributed by atoms with van der Waals surface area (Å²) in [4.78, 5) is 4.47. The van der Waals surface area contributed by atoms with Crippen molar-refractivity contribution < 1.29 is 4.39 Å². The highest BCUT2D eigenvalue weighted by Gasteiger charge is 2.13. The standard InChI is InChI=1S/C15H11Cl2FN2/c1-9-2-3-13-14(4-9)20(15(8-16)19-13)12-6-10(17)5-11(18)7-12/h2-7H,8H2,1H3. The molecule has 0 bridgehead atoms. The Labute approximate surface area is 125 Å². The van der Waals surface area contributed by atoms with Gasteiger partial charge in [-0.25, -0.2) is 9.37 Å². The molecule has 0 unspecified atom stereocenters. The zero-order valence-electron chi connectivity index (χ0n) is 10.7. The van der Waals surface area contributed by atoms with Crippen molar-refractivity contribution >= 4 is 34.2 Å². The van der Waals surface area contributed by atoms with Gasteiger partial charge in [0.2, 0.25) is 0 Å². The molecule has 3 rings (SSSR count). The maximum atomic E-state index is 13.6. The first kappa shape index (κ1) is 13.4. The first-order chi connectivity index (χ1) is 9.58. The van der Waals surface area contributed by atoms with Crippen LogP contribution in [0.25, 0.3) is 16.7 Å². The van der Waals surface area contributed by atoms with Crippen LogP contribution in [0.15, 0.2) is 36.4 Å².